The van der Waals surface area contributed by atoms with Crippen LogP contribution in [-0.4, -0.2) is 4.98 Å². The Bertz CT molecular complexity index is 466. The van der Waals surface area contributed by atoms with E-state index in [1.807, 2.05) is 24.3 Å². The van der Waals surface area contributed by atoms with Crippen molar-refractivity contribution in [2.75, 3.05) is 0 Å². The molecule has 0 spiro atoms. The molecule has 2 aromatic rings. The molecule has 0 fully saturated rings. The van der Waals surface area contributed by atoms with E-state index in [-0.39, 0.29) is 0 Å². The molecule has 15 heavy (non-hydrogen) atoms. The van der Waals surface area contributed by atoms with E-state index in [0.29, 0.717) is 5.56 Å². The first-order valence-corrected chi connectivity index (χ1v) is 4.77. The second kappa shape index (κ2) is 4.39. The molecule has 0 unspecified atom stereocenters. The predicted molar refractivity (Wildman–Crippen MR) is 58.2 cm³/mol. The maximum atomic E-state index is 8.63. The van der Waals surface area contributed by atoms with E-state index < -0.39 is 0 Å². The van der Waals surface area contributed by atoms with Crippen molar-refractivity contribution in [2.45, 2.75) is 6.42 Å². The van der Waals surface area contributed by atoms with Crippen LogP contribution in [0.15, 0.2) is 48.7 Å². The summed E-state index contributed by atoms with van der Waals surface area (Å²) in [6.07, 6.45) is 2.42. The molecule has 0 aliphatic carbocycles. The van der Waals surface area contributed by atoms with E-state index in [4.69, 9.17) is 5.26 Å². The average Bonchev–Trinajstić information content (AvgIpc) is 2.31. The van der Waals surface area contributed by atoms with Crippen LogP contribution in [0.25, 0.3) is 0 Å². The molecule has 0 radical (unpaired) electrons. The standard InChI is InChI=1S/C13H10N2/c14-9-12-6-7-13(15-10-12)8-11-4-2-1-3-5-11/h1-7,10H,8H2. The fourth-order valence-electron chi connectivity index (χ4n) is 1.40. The SMILES string of the molecule is N#Cc1ccc(Cc2ccccc2)nc1. The van der Waals surface area contributed by atoms with Crippen LogP contribution in [0.2, 0.25) is 0 Å². The molecule has 1 aromatic heterocycles. The quantitative estimate of drug-likeness (QED) is 0.736. The van der Waals surface area contributed by atoms with E-state index in [9.17, 15) is 0 Å². The summed E-state index contributed by atoms with van der Waals surface area (Å²) in [4.78, 5) is 4.22. The van der Waals surface area contributed by atoms with Crippen molar-refractivity contribution in [3.05, 3.63) is 65.5 Å². The summed E-state index contributed by atoms with van der Waals surface area (Å²) >= 11 is 0. The molecule has 1 aromatic carbocycles. The number of nitrogens with zero attached hydrogens (tertiary/aromatic N) is 2. The highest BCUT2D eigenvalue weighted by atomic mass is 14.7. The minimum absolute atomic E-state index is 0.604. The number of nitriles is 1. The number of pyridine rings is 1. The summed E-state index contributed by atoms with van der Waals surface area (Å²) in [5.41, 5.74) is 2.82. The fraction of sp³-hybridized carbons (Fsp3) is 0.0769. The highest BCUT2D eigenvalue weighted by Gasteiger charge is 1.97. The van der Waals surface area contributed by atoms with Crippen LogP contribution in [0.4, 0.5) is 0 Å². The lowest BCUT2D eigenvalue weighted by atomic mass is 10.1. The minimum Gasteiger partial charge on any atom is -0.260 e. The van der Waals surface area contributed by atoms with Gasteiger partial charge in [-0.25, -0.2) is 0 Å². The van der Waals surface area contributed by atoms with Gasteiger partial charge in [0.15, 0.2) is 0 Å². The summed E-state index contributed by atoms with van der Waals surface area (Å²) in [7, 11) is 0. The molecule has 0 saturated heterocycles. The highest BCUT2D eigenvalue weighted by molar-refractivity contribution is 5.28. The van der Waals surface area contributed by atoms with Crippen LogP contribution in [-0.2, 0) is 6.42 Å². The van der Waals surface area contributed by atoms with Gasteiger partial charge in [0, 0.05) is 18.3 Å². The molecule has 0 aliphatic rings. The van der Waals surface area contributed by atoms with Crippen molar-refractivity contribution in [3.63, 3.8) is 0 Å². The molecule has 0 saturated carbocycles. The van der Waals surface area contributed by atoms with Crippen molar-refractivity contribution in [2.24, 2.45) is 0 Å². The van der Waals surface area contributed by atoms with Gasteiger partial charge < -0.3 is 0 Å². The molecule has 2 nitrogen and oxygen atoms in total. The lowest BCUT2D eigenvalue weighted by molar-refractivity contribution is 1.07. The average molecular weight is 194 g/mol. The first-order valence-electron chi connectivity index (χ1n) is 4.77. The molecule has 2 heteroatoms. The van der Waals surface area contributed by atoms with E-state index in [1.165, 1.54) is 5.56 Å². The summed E-state index contributed by atoms with van der Waals surface area (Å²) < 4.78 is 0. The number of hydrogen-bond donors (Lipinski definition) is 0. The minimum atomic E-state index is 0.604. The number of aromatic nitrogens is 1. The van der Waals surface area contributed by atoms with Gasteiger partial charge >= 0.3 is 0 Å². The second-order valence-electron chi connectivity index (χ2n) is 3.31. The first kappa shape index (κ1) is 9.42. The van der Waals surface area contributed by atoms with Crippen molar-refractivity contribution in [1.82, 2.24) is 4.98 Å². The van der Waals surface area contributed by atoms with Crippen LogP contribution in [0.5, 0.6) is 0 Å². The Balaban J connectivity index is 2.16. The molecule has 0 aliphatic heterocycles. The molecular formula is C13H10N2. The third-order valence-electron chi connectivity index (χ3n) is 2.18. The van der Waals surface area contributed by atoms with Gasteiger partial charge in [-0.15, -0.1) is 0 Å². The Kier molecular flexibility index (Phi) is 2.75. The Labute approximate surface area is 88.8 Å². The molecule has 0 bridgehead atoms. The van der Waals surface area contributed by atoms with Crippen LogP contribution in [0.1, 0.15) is 16.8 Å². The Morgan fingerprint density at radius 1 is 1.07 bits per heavy atom. The van der Waals surface area contributed by atoms with Crippen LogP contribution in [0.3, 0.4) is 0 Å². The summed E-state index contributed by atoms with van der Waals surface area (Å²) in [5.74, 6) is 0. The lowest BCUT2D eigenvalue weighted by Gasteiger charge is -2.00. The van der Waals surface area contributed by atoms with Crippen LogP contribution in [0, 0.1) is 11.3 Å². The Hall–Kier alpha value is -2.14. The number of rotatable bonds is 2. The van der Waals surface area contributed by atoms with Crippen molar-refractivity contribution in [1.29, 1.82) is 5.26 Å². The van der Waals surface area contributed by atoms with Gasteiger partial charge in [-0.2, -0.15) is 5.26 Å². The van der Waals surface area contributed by atoms with Crippen molar-refractivity contribution >= 4 is 0 Å². The van der Waals surface area contributed by atoms with Gasteiger partial charge in [0.2, 0.25) is 0 Å². The van der Waals surface area contributed by atoms with E-state index in [0.717, 1.165) is 12.1 Å². The molecule has 0 N–H and O–H groups in total. The zero-order chi connectivity index (χ0) is 10.5. The van der Waals surface area contributed by atoms with Gasteiger partial charge in [-0.3, -0.25) is 4.98 Å². The maximum Gasteiger partial charge on any atom is 0.101 e. The normalized spacial score (nSPS) is 9.53. The van der Waals surface area contributed by atoms with Gasteiger partial charge in [0.25, 0.3) is 0 Å². The fourth-order valence-corrected chi connectivity index (χ4v) is 1.40. The van der Waals surface area contributed by atoms with Crippen molar-refractivity contribution in [3.8, 4) is 6.07 Å². The molecule has 0 atom stereocenters. The lowest BCUT2D eigenvalue weighted by Crippen LogP contribution is -1.91. The topological polar surface area (TPSA) is 36.7 Å². The summed E-state index contributed by atoms with van der Waals surface area (Å²) in [6, 6.07) is 15.9. The monoisotopic (exact) mass is 194 g/mol. The van der Waals surface area contributed by atoms with Gasteiger partial charge in [0.1, 0.15) is 6.07 Å². The van der Waals surface area contributed by atoms with E-state index in [2.05, 4.69) is 23.2 Å². The molecule has 1 heterocycles. The van der Waals surface area contributed by atoms with Gasteiger partial charge in [-0.1, -0.05) is 30.3 Å². The van der Waals surface area contributed by atoms with Crippen LogP contribution < -0.4 is 0 Å². The van der Waals surface area contributed by atoms with E-state index >= 15 is 0 Å². The zero-order valence-corrected chi connectivity index (χ0v) is 8.22. The Morgan fingerprint density at radius 3 is 2.47 bits per heavy atom. The smallest absolute Gasteiger partial charge is 0.101 e. The summed E-state index contributed by atoms with van der Waals surface area (Å²) in [6.45, 7) is 0. The zero-order valence-electron chi connectivity index (χ0n) is 8.22. The van der Waals surface area contributed by atoms with Crippen LogP contribution >= 0.6 is 0 Å². The summed E-state index contributed by atoms with van der Waals surface area (Å²) in [5, 5.41) is 8.63. The third-order valence-corrected chi connectivity index (χ3v) is 2.18. The molecular weight excluding hydrogens is 184 g/mol. The highest BCUT2D eigenvalue weighted by Crippen LogP contribution is 2.07. The third kappa shape index (κ3) is 2.41. The first-order chi connectivity index (χ1) is 7.38. The maximum absolute atomic E-state index is 8.63. The van der Waals surface area contributed by atoms with Gasteiger partial charge in [0.05, 0.1) is 5.56 Å². The molecule has 72 valence electrons. The Morgan fingerprint density at radius 2 is 1.87 bits per heavy atom. The molecule has 2 rings (SSSR count). The number of benzene rings is 1. The number of hydrogen-bond acceptors (Lipinski definition) is 2. The second-order valence-corrected chi connectivity index (χ2v) is 3.31. The predicted octanol–water partition coefficient (Wildman–Crippen LogP) is 2.54. The van der Waals surface area contributed by atoms with Gasteiger partial charge in [-0.05, 0) is 17.7 Å². The molecule has 0 amide bonds. The largest absolute Gasteiger partial charge is 0.260 e. The van der Waals surface area contributed by atoms with E-state index in [1.54, 1.807) is 12.3 Å². The van der Waals surface area contributed by atoms with Crippen molar-refractivity contribution < 1.29 is 0 Å².